The Bertz CT molecular complexity index is 336. The average molecular weight is 269 g/mol. The van der Waals surface area contributed by atoms with Gasteiger partial charge in [0.05, 0.1) is 13.2 Å². The van der Waals surface area contributed by atoms with Gasteiger partial charge in [-0.2, -0.15) is 0 Å². The zero-order valence-electron chi connectivity index (χ0n) is 11.4. The van der Waals surface area contributed by atoms with Crippen LogP contribution in [0.25, 0.3) is 0 Å². The van der Waals surface area contributed by atoms with Gasteiger partial charge in [-0.1, -0.05) is 33.3 Å². The number of unbranched alkanes of at least 4 members (excludes halogenated alkanes) is 1. The summed E-state index contributed by atoms with van der Waals surface area (Å²) in [5.41, 5.74) is 0. The van der Waals surface area contributed by atoms with E-state index in [1.165, 1.54) is 4.88 Å². The van der Waals surface area contributed by atoms with E-state index in [2.05, 4.69) is 37.5 Å². The summed E-state index contributed by atoms with van der Waals surface area (Å²) in [6.07, 6.45) is 1.98. The molecule has 1 aromatic rings. The molecule has 1 aromatic heterocycles. The normalized spacial score (nSPS) is 12.7. The van der Waals surface area contributed by atoms with Crippen LogP contribution in [0.3, 0.4) is 0 Å². The van der Waals surface area contributed by atoms with Gasteiger partial charge in [-0.3, -0.25) is 10.1 Å². The van der Waals surface area contributed by atoms with Gasteiger partial charge in [0.25, 0.3) is 0 Å². The molecule has 0 aliphatic carbocycles. The lowest BCUT2D eigenvalue weighted by atomic mass is 10.0. The van der Waals surface area contributed by atoms with Crippen LogP contribution in [0.4, 0.5) is 0 Å². The first kappa shape index (κ1) is 15.2. The van der Waals surface area contributed by atoms with Crippen molar-refractivity contribution in [2.45, 2.75) is 39.7 Å². The Hall–Kier alpha value is -0.870. The fraction of sp³-hybridized carbons (Fsp3) is 0.643. The first-order valence-electron chi connectivity index (χ1n) is 6.57. The van der Waals surface area contributed by atoms with E-state index in [9.17, 15) is 4.79 Å². The third-order valence-electron chi connectivity index (χ3n) is 2.74. The Kier molecular flexibility index (Phi) is 6.98. The molecule has 0 radical (unpaired) electrons. The summed E-state index contributed by atoms with van der Waals surface area (Å²) in [4.78, 5) is 12.8. The third-order valence-corrected chi connectivity index (χ3v) is 3.70. The highest BCUT2D eigenvalue weighted by Gasteiger charge is 2.17. The number of esters is 1. The molecule has 1 rings (SSSR count). The average Bonchev–Trinajstić information content (AvgIpc) is 2.83. The molecular formula is C14H23NO2S. The van der Waals surface area contributed by atoms with Crippen LogP contribution in [-0.4, -0.2) is 19.1 Å². The molecule has 1 N–H and O–H groups in total. The first-order chi connectivity index (χ1) is 8.65. The highest BCUT2D eigenvalue weighted by molar-refractivity contribution is 7.10. The van der Waals surface area contributed by atoms with Crippen molar-refractivity contribution in [3.05, 3.63) is 22.4 Å². The Morgan fingerprint density at radius 3 is 2.83 bits per heavy atom. The summed E-state index contributed by atoms with van der Waals surface area (Å²) in [7, 11) is 0. The summed E-state index contributed by atoms with van der Waals surface area (Å²) in [5.74, 6) is 0.290. The number of hydrogen-bond donors (Lipinski definition) is 1. The van der Waals surface area contributed by atoms with Crippen molar-refractivity contribution >= 4 is 17.3 Å². The fourth-order valence-corrected chi connectivity index (χ4v) is 2.68. The van der Waals surface area contributed by atoms with Crippen LogP contribution < -0.4 is 5.32 Å². The topological polar surface area (TPSA) is 38.3 Å². The van der Waals surface area contributed by atoms with Crippen LogP contribution in [0.2, 0.25) is 0 Å². The molecule has 1 atom stereocenters. The minimum atomic E-state index is -0.161. The largest absolute Gasteiger partial charge is 0.465 e. The minimum Gasteiger partial charge on any atom is -0.465 e. The van der Waals surface area contributed by atoms with Crippen LogP contribution in [0, 0.1) is 5.92 Å². The SMILES string of the molecule is CCCCOC(=O)CNC(c1cccs1)C(C)C. The van der Waals surface area contributed by atoms with Gasteiger partial charge in [0.1, 0.15) is 0 Å². The van der Waals surface area contributed by atoms with Gasteiger partial charge in [-0.05, 0) is 23.8 Å². The molecule has 0 saturated heterocycles. The van der Waals surface area contributed by atoms with Crippen molar-refractivity contribution in [2.75, 3.05) is 13.2 Å². The zero-order valence-corrected chi connectivity index (χ0v) is 12.3. The van der Waals surface area contributed by atoms with Gasteiger partial charge in [0.2, 0.25) is 0 Å². The molecule has 3 nitrogen and oxygen atoms in total. The van der Waals surface area contributed by atoms with Crippen LogP contribution in [0.5, 0.6) is 0 Å². The molecule has 0 spiro atoms. The van der Waals surface area contributed by atoms with Crippen molar-refractivity contribution in [3.8, 4) is 0 Å². The van der Waals surface area contributed by atoms with Crippen LogP contribution >= 0.6 is 11.3 Å². The van der Waals surface area contributed by atoms with Crippen LogP contribution in [0.15, 0.2) is 17.5 Å². The molecule has 0 aliphatic heterocycles. The highest BCUT2D eigenvalue weighted by atomic mass is 32.1. The van der Waals surface area contributed by atoms with Gasteiger partial charge in [-0.15, -0.1) is 11.3 Å². The quantitative estimate of drug-likeness (QED) is 0.581. The van der Waals surface area contributed by atoms with Crippen molar-refractivity contribution in [3.63, 3.8) is 0 Å². The van der Waals surface area contributed by atoms with Gasteiger partial charge >= 0.3 is 5.97 Å². The van der Waals surface area contributed by atoms with E-state index in [0.29, 0.717) is 12.5 Å². The van der Waals surface area contributed by atoms with Crippen molar-refractivity contribution in [1.29, 1.82) is 0 Å². The number of rotatable bonds is 8. The second-order valence-corrected chi connectivity index (χ2v) is 5.67. The van der Waals surface area contributed by atoms with Gasteiger partial charge < -0.3 is 4.74 Å². The molecule has 0 amide bonds. The lowest BCUT2D eigenvalue weighted by molar-refractivity contribution is -0.142. The number of carbonyl (C=O) groups excluding carboxylic acids is 1. The van der Waals surface area contributed by atoms with Gasteiger partial charge in [0, 0.05) is 10.9 Å². The Morgan fingerprint density at radius 2 is 2.28 bits per heavy atom. The van der Waals surface area contributed by atoms with Crippen LogP contribution in [0.1, 0.15) is 44.5 Å². The lowest BCUT2D eigenvalue weighted by Crippen LogP contribution is -2.31. The molecule has 0 aromatic carbocycles. The summed E-state index contributed by atoms with van der Waals surface area (Å²) in [6.45, 7) is 7.20. The molecule has 0 aliphatic rings. The number of carbonyl (C=O) groups is 1. The number of ether oxygens (including phenoxy) is 1. The highest BCUT2D eigenvalue weighted by Crippen LogP contribution is 2.25. The smallest absolute Gasteiger partial charge is 0.319 e. The molecule has 0 saturated carbocycles. The van der Waals surface area contributed by atoms with Gasteiger partial charge in [-0.25, -0.2) is 0 Å². The van der Waals surface area contributed by atoms with E-state index in [-0.39, 0.29) is 18.6 Å². The van der Waals surface area contributed by atoms with Crippen LogP contribution in [-0.2, 0) is 9.53 Å². The standard InChI is InChI=1S/C14H23NO2S/c1-4-5-8-17-13(16)10-15-14(11(2)3)12-7-6-9-18-12/h6-7,9,11,14-15H,4-5,8,10H2,1-3H3. The minimum absolute atomic E-state index is 0.161. The van der Waals surface area contributed by atoms with E-state index in [4.69, 9.17) is 4.74 Å². The number of nitrogens with one attached hydrogen (secondary N) is 1. The molecule has 1 unspecified atom stereocenters. The monoisotopic (exact) mass is 269 g/mol. The fourth-order valence-electron chi connectivity index (χ4n) is 1.71. The summed E-state index contributed by atoms with van der Waals surface area (Å²) < 4.78 is 5.13. The molecule has 1 heterocycles. The molecule has 0 bridgehead atoms. The van der Waals surface area contributed by atoms with E-state index >= 15 is 0 Å². The zero-order chi connectivity index (χ0) is 13.4. The predicted octanol–water partition coefficient (Wildman–Crippen LogP) is 3.38. The Morgan fingerprint density at radius 1 is 1.50 bits per heavy atom. The second-order valence-electron chi connectivity index (χ2n) is 4.69. The maximum atomic E-state index is 11.5. The van der Waals surface area contributed by atoms with Crippen molar-refractivity contribution in [1.82, 2.24) is 5.32 Å². The summed E-state index contributed by atoms with van der Waals surface area (Å²) >= 11 is 1.72. The van der Waals surface area contributed by atoms with E-state index < -0.39 is 0 Å². The Labute approximate surface area is 114 Å². The molecule has 4 heteroatoms. The molecule has 18 heavy (non-hydrogen) atoms. The van der Waals surface area contributed by atoms with E-state index in [1.807, 2.05) is 6.07 Å². The molecule has 102 valence electrons. The second kappa shape index (κ2) is 8.27. The van der Waals surface area contributed by atoms with Crippen molar-refractivity contribution in [2.24, 2.45) is 5.92 Å². The van der Waals surface area contributed by atoms with E-state index in [0.717, 1.165) is 12.8 Å². The molecule has 0 fully saturated rings. The maximum Gasteiger partial charge on any atom is 0.319 e. The predicted molar refractivity (Wildman–Crippen MR) is 75.8 cm³/mol. The first-order valence-corrected chi connectivity index (χ1v) is 7.45. The lowest BCUT2D eigenvalue weighted by Gasteiger charge is -2.20. The van der Waals surface area contributed by atoms with E-state index in [1.54, 1.807) is 11.3 Å². The number of thiophene rings is 1. The summed E-state index contributed by atoms with van der Waals surface area (Å²) in [6, 6.07) is 4.37. The third kappa shape index (κ3) is 5.19. The van der Waals surface area contributed by atoms with Crippen molar-refractivity contribution < 1.29 is 9.53 Å². The Balaban J connectivity index is 2.37. The molecular weight excluding hydrogens is 246 g/mol. The number of hydrogen-bond acceptors (Lipinski definition) is 4. The summed E-state index contributed by atoms with van der Waals surface area (Å²) in [5, 5.41) is 5.35. The maximum absolute atomic E-state index is 11.5. The van der Waals surface area contributed by atoms with Gasteiger partial charge in [0.15, 0.2) is 0 Å².